The van der Waals surface area contributed by atoms with Crippen LogP contribution in [-0.4, -0.2) is 22.5 Å². The molecule has 0 aliphatic carbocycles. The van der Waals surface area contributed by atoms with Crippen molar-refractivity contribution >= 4 is 32.6 Å². The van der Waals surface area contributed by atoms with Gasteiger partial charge in [0.1, 0.15) is 5.75 Å². The zero-order valence-corrected chi connectivity index (χ0v) is 16.9. The average Bonchev–Trinajstić information content (AvgIpc) is 3.21. The molecule has 2 heterocycles. The largest absolute Gasteiger partial charge is 0.484 e. The fraction of sp³-hybridized carbons (Fsp3) is 0.174. The molecular formula is C23H21N3O2S. The Morgan fingerprint density at radius 3 is 2.62 bits per heavy atom. The monoisotopic (exact) mass is 403 g/mol. The van der Waals surface area contributed by atoms with Crippen LogP contribution in [0.25, 0.3) is 10.2 Å². The minimum Gasteiger partial charge on any atom is -0.484 e. The number of aromatic nitrogens is 2. The lowest BCUT2D eigenvalue weighted by Gasteiger charge is -2.19. The molecule has 4 aromatic rings. The predicted octanol–water partition coefficient (Wildman–Crippen LogP) is 4.87. The van der Waals surface area contributed by atoms with Crippen LogP contribution in [0.5, 0.6) is 5.75 Å². The summed E-state index contributed by atoms with van der Waals surface area (Å²) >= 11 is 1.51. The van der Waals surface area contributed by atoms with Gasteiger partial charge in [-0.15, -0.1) is 0 Å². The molecular weight excluding hydrogens is 382 g/mol. The number of carbonyl (C=O) groups is 1. The number of amides is 1. The van der Waals surface area contributed by atoms with Crippen LogP contribution in [0.4, 0.5) is 5.13 Å². The Morgan fingerprint density at radius 1 is 1.03 bits per heavy atom. The van der Waals surface area contributed by atoms with Gasteiger partial charge in [0, 0.05) is 6.20 Å². The van der Waals surface area contributed by atoms with E-state index < -0.39 is 0 Å². The minimum atomic E-state index is -0.156. The Kier molecular flexibility index (Phi) is 5.81. The number of benzene rings is 2. The van der Waals surface area contributed by atoms with E-state index >= 15 is 0 Å². The lowest BCUT2D eigenvalue weighted by atomic mass is 10.1. The molecule has 4 rings (SSSR count). The molecule has 2 aromatic heterocycles. The minimum absolute atomic E-state index is 0.0621. The van der Waals surface area contributed by atoms with Crippen molar-refractivity contribution in [1.82, 2.24) is 9.97 Å². The molecule has 5 nitrogen and oxygen atoms in total. The molecule has 2 aromatic carbocycles. The van der Waals surface area contributed by atoms with Gasteiger partial charge in [-0.1, -0.05) is 54.7 Å². The first-order valence-corrected chi connectivity index (χ1v) is 10.3. The van der Waals surface area contributed by atoms with Crippen LogP contribution in [0.15, 0.2) is 72.9 Å². The van der Waals surface area contributed by atoms with Crippen molar-refractivity contribution in [1.29, 1.82) is 0 Å². The molecule has 0 aliphatic rings. The Bertz CT molecular complexity index is 1100. The highest BCUT2D eigenvalue weighted by Crippen LogP contribution is 2.32. The molecule has 0 unspecified atom stereocenters. The van der Waals surface area contributed by atoms with E-state index in [1.807, 2.05) is 60.7 Å². The third kappa shape index (κ3) is 4.43. The quantitative estimate of drug-likeness (QED) is 0.442. The summed E-state index contributed by atoms with van der Waals surface area (Å²) < 4.78 is 6.76. The number of thiazole rings is 1. The molecule has 0 fully saturated rings. The molecule has 29 heavy (non-hydrogen) atoms. The van der Waals surface area contributed by atoms with Gasteiger partial charge in [0.15, 0.2) is 11.7 Å². The Balaban J connectivity index is 1.63. The standard InChI is InChI=1S/C23H21N3O2S/c1-2-17-9-8-13-20-22(17)25-23(29-20)26(15-18-10-6-7-14-24-18)21(27)16-28-19-11-4-3-5-12-19/h3-14H,2,15-16H2,1H3. The first-order valence-electron chi connectivity index (χ1n) is 9.51. The predicted molar refractivity (Wildman–Crippen MR) is 116 cm³/mol. The highest BCUT2D eigenvalue weighted by atomic mass is 32.1. The Morgan fingerprint density at radius 2 is 1.86 bits per heavy atom. The maximum atomic E-state index is 13.1. The van der Waals surface area contributed by atoms with Gasteiger partial charge >= 0.3 is 0 Å². The molecule has 0 saturated carbocycles. The topological polar surface area (TPSA) is 55.3 Å². The van der Waals surface area contributed by atoms with Crippen LogP contribution in [0.1, 0.15) is 18.2 Å². The van der Waals surface area contributed by atoms with Crippen molar-refractivity contribution < 1.29 is 9.53 Å². The van der Waals surface area contributed by atoms with Crippen LogP contribution in [0.2, 0.25) is 0 Å². The lowest BCUT2D eigenvalue weighted by molar-refractivity contribution is -0.120. The van der Waals surface area contributed by atoms with Crippen LogP contribution in [-0.2, 0) is 17.8 Å². The summed E-state index contributed by atoms with van der Waals surface area (Å²) in [5.41, 5.74) is 2.93. The zero-order chi connectivity index (χ0) is 20.1. The van der Waals surface area contributed by atoms with Crippen molar-refractivity contribution in [2.24, 2.45) is 0 Å². The Labute approximate surface area is 173 Å². The van der Waals surface area contributed by atoms with Crippen LogP contribution in [0, 0.1) is 0 Å². The average molecular weight is 404 g/mol. The van der Waals surface area contributed by atoms with E-state index in [0.717, 1.165) is 22.3 Å². The molecule has 0 atom stereocenters. The second kappa shape index (κ2) is 8.84. The van der Waals surface area contributed by atoms with E-state index in [1.165, 1.54) is 16.9 Å². The number of hydrogen-bond acceptors (Lipinski definition) is 5. The molecule has 0 aliphatic heterocycles. The summed E-state index contributed by atoms with van der Waals surface area (Å²) in [6.07, 6.45) is 2.62. The smallest absolute Gasteiger partial charge is 0.267 e. The highest BCUT2D eigenvalue weighted by Gasteiger charge is 2.22. The number of ether oxygens (including phenoxy) is 1. The van der Waals surface area contributed by atoms with Crippen LogP contribution < -0.4 is 9.64 Å². The molecule has 0 N–H and O–H groups in total. The van der Waals surface area contributed by atoms with Crippen molar-refractivity contribution in [3.05, 3.63) is 84.2 Å². The maximum absolute atomic E-state index is 13.1. The van der Waals surface area contributed by atoms with Gasteiger partial charge in [-0.25, -0.2) is 4.98 Å². The number of nitrogens with zero attached hydrogens (tertiary/aromatic N) is 3. The van der Waals surface area contributed by atoms with Crippen molar-refractivity contribution in [3.63, 3.8) is 0 Å². The summed E-state index contributed by atoms with van der Waals surface area (Å²) in [4.78, 5) is 23.9. The zero-order valence-electron chi connectivity index (χ0n) is 16.1. The number of aryl methyl sites for hydroxylation is 1. The van der Waals surface area contributed by atoms with Gasteiger partial charge in [-0.2, -0.15) is 0 Å². The summed E-state index contributed by atoms with van der Waals surface area (Å²) in [5.74, 6) is 0.507. The number of anilines is 1. The first-order chi connectivity index (χ1) is 14.2. The third-order valence-electron chi connectivity index (χ3n) is 4.56. The van der Waals surface area contributed by atoms with Gasteiger partial charge < -0.3 is 4.74 Å². The fourth-order valence-corrected chi connectivity index (χ4v) is 4.08. The van der Waals surface area contributed by atoms with E-state index in [2.05, 4.69) is 18.0 Å². The first kappa shape index (κ1) is 19.1. The molecule has 0 radical (unpaired) electrons. The van der Waals surface area contributed by atoms with Gasteiger partial charge in [0.25, 0.3) is 5.91 Å². The summed E-state index contributed by atoms with van der Waals surface area (Å²) in [6, 6.07) is 21.2. The summed E-state index contributed by atoms with van der Waals surface area (Å²) in [6.45, 7) is 2.39. The number of hydrogen-bond donors (Lipinski definition) is 0. The van der Waals surface area contributed by atoms with E-state index in [9.17, 15) is 4.79 Å². The second-order valence-corrected chi connectivity index (χ2v) is 7.53. The SMILES string of the molecule is CCc1cccc2sc(N(Cc3ccccn3)C(=O)COc3ccccc3)nc12. The van der Waals surface area contributed by atoms with Crippen molar-refractivity contribution in [3.8, 4) is 5.75 Å². The van der Waals surface area contributed by atoms with Gasteiger partial charge in [0.2, 0.25) is 0 Å². The molecule has 6 heteroatoms. The maximum Gasteiger partial charge on any atom is 0.267 e. The molecule has 0 saturated heterocycles. The molecule has 0 spiro atoms. The van der Waals surface area contributed by atoms with Gasteiger partial charge in [0.05, 0.1) is 22.5 Å². The number of carbonyl (C=O) groups excluding carboxylic acids is 1. The van der Waals surface area contributed by atoms with Crippen LogP contribution >= 0.6 is 11.3 Å². The lowest BCUT2D eigenvalue weighted by Crippen LogP contribution is -2.34. The van der Waals surface area contributed by atoms with Crippen LogP contribution in [0.3, 0.4) is 0 Å². The summed E-state index contributed by atoms with van der Waals surface area (Å²) in [7, 11) is 0. The number of pyridine rings is 1. The molecule has 1 amide bonds. The van der Waals surface area contributed by atoms with E-state index in [-0.39, 0.29) is 12.5 Å². The normalized spacial score (nSPS) is 10.8. The van der Waals surface area contributed by atoms with Gasteiger partial charge in [-0.3, -0.25) is 14.7 Å². The van der Waals surface area contributed by atoms with Gasteiger partial charge in [-0.05, 0) is 42.3 Å². The van der Waals surface area contributed by atoms with E-state index in [4.69, 9.17) is 9.72 Å². The fourth-order valence-electron chi connectivity index (χ4n) is 3.05. The van der Waals surface area contributed by atoms with E-state index in [1.54, 1.807) is 11.1 Å². The van der Waals surface area contributed by atoms with Crippen molar-refractivity contribution in [2.45, 2.75) is 19.9 Å². The molecule has 146 valence electrons. The number of para-hydroxylation sites is 2. The second-order valence-electron chi connectivity index (χ2n) is 6.52. The highest BCUT2D eigenvalue weighted by molar-refractivity contribution is 7.22. The number of rotatable bonds is 7. The summed E-state index contributed by atoms with van der Waals surface area (Å²) in [5, 5.41) is 0.660. The Hall–Kier alpha value is -3.25. The van der Waals surface area contributed by atoms with E-state index in [0.29, 0.717) is 17.4 Å². The third-order valence-corrected chi connectivity index (χ3v) is 5.60. The number of fused-ring (bicyclic) bond motifs is 1. The molecule has 0 bridgehead atoms. The van der Waals surface area contributed by atoms with Crippen molar-refractivity contribution in [2.75, 3.05) is 11.5 Å².